The minimum atomic E-state index is -0.125. The van der Waals surface area contributed by atoms with Gasteiger partial charge in [-0.15, -0.1) is 11.3 Å². The Morgan fingerprint density at radius 3 is 2.67 bits per heavy atom. The van der Waals surface area contributed by atoms with E-state index in [4.69, 9.17) is 0 Å². The van der Waals surface area contributed by atoms with E-state index in [9.17, 15) is 9.59 Å². The Hall–Kier alpha value is -1.40. The molecule has 0 spiro atoms. The Balaban J connectivity index is 1.81. The first-order valence-corrected chi connectivity index (χ1v) is 9.52. The van der Waals surface area contributed by atoms with Crippen LogP contribution in [0, 0.1) is 11.8 Å². The van der Waals surface area contributed by atoms with Crippen molar-refractivity contribution in [3.8, 4) is 0 Å². The monoisotopic (exact) mass is 349 g/mol. The van der Waals surface area contributed by atoms with Crippen LogP contribution in [0.25, 0.3) is 0 Å². The third-order valence-corrected chi connectivity index (χ3v) is 6.50. The number of hydrogen-bond acceptors (Lipinski definition) is 4. The molecule has 132 valence electrons. The van der Waals surface area contributed by atoms with Crippen molar-refractivity contribution in [1.82, 2.24) is 14.7 Å². The van der Waals surface area contributed by atoms with E-state index in [1.165, 1.54) is 0 Å². The van der Waals surface area contributed by atoms with E-state index in [0.29, 0.717) is 24.8 Å². The van der Waals surface area contributed by atoms with Crippen LogP contribution in [-0.4, -0.2) is 66.8 Å². The van der Waals surface area contributed by atoms with Crippen molar-refractivity contribution in [2.24, 2.45) is 11.8 Å². The lowest BCUT2D eigenvalue weighted by atomic mass is 9.87. The Morgan fingerprint density at radius 1 is 1.33 bits per heavy atom. The number of piperidine rings is 1. The van der Waals surface area contributed by atoms with Crippen molar-refractivity contribution in [2.75, 3.05) is 34.2 Å². The van der Waals surface area contributed by atoms with Gasteiger partial charge in [-0.25, -0.2) is 0 Å². The summed E-state index contributed by atoms with van der Waals surface area (Å²) >= 11 is 1.63. The molecule has 0 unspecified atom stereocenters. The number of carbonyl (C=O) groups is 2. The summed E-state index contributed by atoms with van der Waals surface area (Å²) < 4.78 is 0. The van der Waals surface area contributed by atoms with Gasteiger partial charge < -0.3 is 14.7 Å². The quantitative estimate of drug-likeness (QED) is 0.839. The summed E-state index contributed by atoms with van der Waals surface area (Å²) in [6.07, 6.45) is 1.12. The van der Waals surface area contributed by atoms with Crippen molar-refractivity contribution in [1.29, 1.82) is 0 Å². The Kier molecular flexibility index (Phi) is 4.97. The summed E-state index contributed by atoms with van der Waals surface area (Å²) in [6, 6.07) is 4.33. The summed E-state index contributed by atoms with van der Waals surface area (Å²) in [4.78, 5) is 32.5. The van der Waals surface area contributed by atoms with Crippen molar-refractivity contribution in [2.45, 2.75) is 31.8 Å². The fourth-order valence-electron chi connectivity index (χ4n) is 4.18. The molecular formula is C18H27N3O2S. The van der Waals surface area contributed by atoms with Gasteiger partial charge in [0.05, 0.1) is 12.0 Å². The zero-order valence-electron chi connectivity index (χ0n) is 14.9. The van der Waals surface area contributed by atoms with E-state index in [1.807, 2.05) is 29.5 Å². The molecule has 1 aromatic heterocycles. The van der Waals surface area contributed by atoms with E-state index >= 15 is 0 Å². The van der Waals surface area contributed by atoms with Gasteiger partial charge in [-0.2, -0.15) is 0 Å². The molecule has 3 rings (SSSR count). The van der Waals surface area contributed by atoms with Crippen LogP contribution in [0.1, 0.15) is 30.7 Å². The molecule has 0 bridgehead atoms. The zero-order chi connectivity index (χ0) is 17.4. The molecule has 2 saturated heterocycles. The van der Waals surface area contributed by atoms with Gasteiger partial charge in [0.2, 0.25) is 11.8 Å². The van der Waals surface area contributed by atoms with Gasteiger partial charge in [0.1, 0.15) is 0 Å². The van der Waals surface area contributed by atoms with Crippen molar-refractivity contribution in [3.05, 3.63) is 22.4 Å². The SMILES string of the molecule is C[C@@H]1CN(C(=O)[C@@H]2CCC(=O)N(C)[C@@H]2c2cccs2)C[C@@H]1N(C)C. The highest BCUT2D eigenvalue weighted by Gasteiger charge is 2.43. The van der Waals surface area contributed by atoms with E-state index in [0.717, 1.165) is 18.0 Å². The minimum Gasteiger partial charge on any atom is -0.340 e. The van der Waals surface area contributed by atoms with E-state index < -0.39 is 0 Å². The highest BCUT2D eigenvalue weighted by atomic mass is 32.1. The fourth-order valence-corrected chi connectivity index (χ4v) is 5.11. The topological polar surface area (TPSA) is 43.9 Å². The third kappa shape index (κ3) is 3.09. The van der Waals surface area contributed by atoms with Gasteiger partial charge >= 0.3 is 0 Å². The second-order valence-electron chi connectivity index (χ2n) is 7.36. The van der Waals surface area contributed by atoms with Gasteiger partial charge in [-0.05, 0) is 37.9 Å². The summed E-state index contributed by atoms with van der Waals surface area (Å²) in [5.41, 5.74) is 0. The lowest BCUT2D eigenvalue weighted by molar-refractivity contribution is -0.146. The average Bonchev–Trinajstić information content (AvgIpc) is 3.18. The third-order valence-electron chi connectivity index (χ3n) is 5.56. The molecule has 5 nitrogen and oxygen atoms in total. The van der Waals surface area contributed by atoms with Crippen molar-refractivity contribution >= 4 is 23.2 Å². The van der Waals surface area contributed by atoms with Crippen LogP contribution < -0.4 is 0 Å². The lowest BCUT2D eigenvalue weighted by Gasteiger charge is -2.39. The normalized spacial score (nSPS) is 31.1. The van der Waals surface area contributed by atoms with Crippen molar-refractivity contribution < 1.29 is 9.59 Å². The van der Waals surface area contributed by atoms with Gasteiger partial charge in [-0.3, -0.25) is 9.59 Å². The molecule has 2 amide bonds. The minimum absolute atomic E-state index is 0.118. The maximum Gasteiger partial charge on any atom is 0.228 e. The van der Waals surface area contributed by atoms with Crippen LogP contribution >= 0.6 is 11.3 Å². The molecule has 3 heterocycles. The molecule has 0 saturated carbocycles. The molecule has 2 aliphatic rings. The van der Waals surface area contributed by atoms with Crippen LogP contribution in [-0.2, 0) is 9.59 Å². The summed E-state index contributed by atoms with van der Waals surface area (Å²) in [5, 5.41) is 2.02. The average molecular weight is 350 g/mol. The number of amides is 2. The number of rotatable bonds is 3. The highest BCUT2D eigenvalue weighted by molar-refractivity contribution is 7.10. The number of thiophene rings is 1. The maximum absolute atomic E-state index is 13.2. The smallest absolute Gasteiger partial charge is 0.228 e. The summed E-state index contributed by atoms with van der Waals surface area (Å²) in [5.74, 6) is 0.703. The van der Waals surface area contributed by atoms with E-state index in [-0.39, 0.29) is 23.8 Å². The standard InChI is InChI=1S/C18H27N3O2S/c1-12-10-21(11-14(12)19(2)3)18(23)13-7-8-16(22)20(4)17(13)15-6-5-9-24-15/h5-6,9,12-14,17H,7-8,10-11H2,1-4H3/t12-,13-,14+,17+/m1/s1. The number of nitrogens with zero attached hydrogens (tertiary/aromatic N) is 3. The summed E-state index contributed by atoms with van der Waals surface area (Å²) in [7, 11) is 5.99. The van der Waals surface area contributed by atoms with Crippen LogP contribution in [0.4, 0.5) is 0 Å². The van der Waals surface area contributed by atoms with Crippen LogP contribution in [0.2, 0.25) is 0 Å². The number of carbonyl (C=O) groups excluding carboxylic acids is 2. The van der Waals surface area contributed by atoms with Gasteiger partial charge in [0, 0.05) is 37.5 Å². The number of likely N-dealkylation sites (N-methyl/N-ethyl adjacent to an activating group) is 1. The van der Waals surface area contributed by atoms with Gasteiger partial charge in [-0.1, -0.05) is 13.0 Å². The van der Waals surface area contributed by atoms with Crippen molar-refractivity contribution in [3.63, 3.8) is 0 Å². The van der Waals surface area contributed by atoms with Crippen LogP contribution in [0.5, 0.6) is 0 Å². The largest absolute Gasteiger partial charge is 0.340 e. The molecule has 4 atom stereocenters. The molecule has 0 N–H and O–H groups in total. The Morgan fingerprint density at radius 2 is 2.08 bits per heavy atom. The molecule has 0 aromatic carbocycles. The molecule has 6 heteroatoms. The summed E-state index contributed by atoms with van der Waals surface area (Å²) in [6.45, 7) is 3.82. The molecular weight excluding hydrogens is 322 g/mol. The van der Waals surface area contributed by atoms with Crippen LogP contribution in [0.3, 0.4) is 0 Å². The zero-order valence-corrected chi connectivity index (χ0v) is 15.8. The lowest BCUT2D eigenvalue weighted by Crippen LogP contribution is -2.47. The predicted molar refractivity (Wildman–Crippen MR) is 95.8 cm³/mol. The first kappa shape index (κ1) is 17.4. The van der Waals surface area contributed by atoms with E-state index in [2.05, 4.69) is 25.9 Å². The number of hydrogen-bond donors (Lipinski definition) is 0. The first-order valence-electron chi connectivity index (χ1n) is 8.64. The van der Waals surface area contributed by atoms with E-state index in [1.54, 1.807) is 16.2 Å². The molecule has 2 fully saturated rings. The molecule has 1 aromatic rings. The van der Waals surface area contributed by atoms with Gasteiger partial charge in [0.15, 0.2) is 0 Å². The van der Waals surface area contributed by atoms with Gasteiger partial charge in [0.25, 0.3) is 0 Å². The molecule has 24 heavy (non-hydrogen) atoms. The Labute approximate surface area is 148 Å². The maximum atomic E-state index is 13.2. The molecule has 0 radical (unpaired) electrons. The predicted octanol–water partition coefficient (Wildman–Crippen LogP) is 2.07. The number of likely N-dealkylation sites (tertiary alicyclic amines) is 2. The fraction of sp³-hybridized carbons (Fsp3) is 0.667. The highest BCUT2D eigenvalue weighted by Crippen LogP contribution is 2.39. The first-order chi connectivity index (χ1) is 11.4. The van der Waals surface area contributed by atoms with Crippen LogP contribution in [0.15, 0.2) is 17.5 Å². The second-order valence-corrected chi connectivity index (χ2v) is 8.34. The molecule has 2 aliphatic heterocycles. The second kappa shape index (κ2) is 6.84. The Bertz CT molecular complexity index is 601. The molecule has 0 aliphatic carbocycles.